The molecular weight excluding hydrogens is 379 g/mol. The molecule has 1 heterocycles. The summed E-state index contributed by atoms with van der Waals surface area (Å²) in [4.78, 5) is 16.3. The molecule has 2 aromatic rings. The van der Waals surface area contributed by atoms with Crippen LogP contribution in [-0.4, -0.2) is 21.5 Å². The number of ether oxygens (including phenoxy) is 1. The van der Waals surface area contributed by atoms with Crippen LogP contribution in [0.1, 0.15) is 48.9 Å². The second kappa shape index (κ2) is 10.7. The molecule has 1 aromatic heterocycles. The molecule has 1 aromatic carbocycles. The Bertz CT molecular complexity index is 635. The van der Waals surface area contributed by atoms with Gasteiger partial charge in [-0.1, -0.05) is 61.5 Å². The molecule has 0 bridgehead atoms. The summed E-state index contributed by atoms with van der Waals surface area (Å²) in [5.41, 5.74) is 0.437. The molecule has 0 saturated heterocycles. The number of hydrogen-bond acceptors (Lipinski definition) is 4. The van der Waals surface area contributed by atoms with Crippen molar-refractivity contribution in [2.24, 2.45) is 0 Å². The smallest absolute Gasteiger partial charge is 0.368 e. The lowest BCUT2D eigenvalue weighted by Gasteiger charge is -2.22. The Morgan fingerprint density at radius 2 is 2.04 bits per heavy atom. The van der Waals surface area contributed by atoms with Crippen molar-refractivity contribution in [2.75, 3.05) is 6.61 Å². The van der Waals surface area contributed by atoms with Crippen LogP contribution in [0, 0.1) is 0 Å². The zero-order valence-electron chi connectivity index (χ0n) is 14.1. The van der Waals surface area contributed by atoms with E-state index in [1.54, 1.807) is 35.4 Å². The number of hydrogen-bond donors (Lipinski definition) is 0. The lowest BCUT2D eigenvalue weighted by molar-refractivity contribution is 0.172. The van der Waals surface area contributed by atoms with E-state index >= 15 is 0 Å². The first-order valence-corrected chi connectivity index (χ1v) is 10.0. The molecule has 2 unspecified atom stereocenters. The summed E-state index contributed by atoms with van der Waals surface area (Å²) in [5, 5.41) is 0.0123. The van der Waals surface area contributed by atoms with Crippen LogP contribution in [0.25, 0.3) is 0 Å². The number of benzene rings is 1. The van der Waals surface area contributed by atoms with Crippen LogP contribution in [0.4, 0.5) is 4.79 Å². The fourth-order valence-corrected chi connectivity index (χ4v) is 3.78. The van der Waals surface area contributed by atoms with Crippen LogP contribution in [0.2, 0.25) is 5.02 Å². The third-order valence-electron chi connectivity index (χ3n) is 3.70. The van der Waals surface area contributed by atoms with Crippen molar-refractivity contribution < 1.29 is 9.53 Å². The van der Waals surface area contributed by atoms with Crippen LogP contribution >= 0.6 is 35.0 Å². The molecule has 0 radical (unpaired) electrons. The highest BCUT2D eigenvalue weighted by Gasteiger charge is 2.27. The highest BCUT2D eigenvalue weighted by Crippen LogP contribution is 2.42. The van der Waals surface area contributed by atoms with Gasteiger partial charge in [-0.3, -0.25) is 0 Å². The molecule has 0 fully saturated rings. The molecule has 7 heteroatoms. The molecule has 0 aliphatic carbocycles. The number of carbonyl (C=O) groups excluding carboxylic acids is 1. The maximum absolute atomic E-state index is 12.2. The van der Waals surface area contributed by atoms with Gasteiger partial charge in [0.15, 0.2) is 0 Å². The lowest BCUT2D eigenvalue weighted by Crippen LogP contribution is -2.12. The molecule has 0 amide bonds. The number of carbonyl (C=O) groups is 1. The third kappa shape index (κ3) is 6.57. The number of imidazole rings is 1. The Morgan fingerprint density at radius 1 is 1.28 bits per heavy atom. The zero-order valence-corrected chi connectivity index (χ0v) is 16.4. The molecule has 2 atom stereocenters. The van der Waals surface area contributed by atoms with Gasteiger partial charge < -0.3 is 9.30 Å². The average Bonchev–Trinajstić information content (AvgIpc) is 3.14. The zero-order chi connectivity index (χ0) is 18.1. The Balaban J connectivity index is 2.01. The predicted octanol–water partition coefficient (Wildman–Crippen LogP) is 6.47. The van der Waals surface area contributed by atoms with E-state index in [4.69, 9.17) is 27.9 Å². The van der Waals surface area contributed by atoms with Crippen LogP contribution in [0.15, 0.2) is 43.0 Å². The van der Waals surface area contributed by atoms with Gasteiger partial charge in [0, 0.05) is 17.4 Å². The van der Waals surface area contributed by atoms with Crippen LogP contribution in [-0.2, 0) is 4.74 Å². The molecule has 25 heavy (non-hydrogen) atoms. The Morgan fingerprint density at radius 3 is 2.68 bits per heavy atom. The standard InChI is InChI=1S/C18H22Cl2N2O2S/c1-2-3-4-5-12-24-18(23)25-16(14-6-8-15(19)9-7-14)17(20)22-11-10-21-13-22/h6-11,13,16-17H,2-5,12H2,1H3. The van der Waals surface area contributed by atoms with Gasteiger partial charge in [0.1, 0.15) is 5.50 Å². The minimum Gasteiger partial charge on any atom is -0.458 e. The number of alkyl halides is 1. The molecule has 0 N–H and O–H groups in total. The van der Waals surface area contributed by atoms with Crippen LogP contribution < -0.4 is 0 Å². The van der Waals surface area contributed by atoms with Crippen molar-refractivity contribution in [2.45, 2.75) is 43.4 Å². The Kier molecular flexibility index (Phi) is 8.65. The van der Waals surface area contributed by atoms with Crippen molar-refractivity contribution in [3.63, 3.8) is 0 Å². The lowest BCUT2D eigenvalue weighted by atomic mass is 10.1. The molecule has 0 spiro atoms. The first-order chi connectivity index (χ1) is 12.1. The maximum atomic E-state index is 12.2. The van der Waals surface area contributed by atoms with Crippen LogP contribution in [0.5, 0.6) is 0 Å². The van der Waals surface area contributed by atoms with Crippen molar-refractivity contribution in [1.82, 2.24) is 9.55 Å². The molecular formula is C18H22Cl2N2O2S. The van der Waals surface area contributed by atoms with E-state index in [1.807, 2.05) is 12.1 Å². The van der Waals surface area contributed by atoms with Crippen molar-refractivity contribution >= 4 is 40.3 Å². The summed E-state index contributed by atoms with van der Waals surface area (Å²) in [6, 6.07) is 7.33. The summed E-state index contributed by atoms with van der Waals surface area (Å²) in [6.07, 6.45) is 9.34. The molecule has 0 saturated carbocycles. The van der Waals surface area contributed by atoms with Gasteiger partial charge in [0.2, 0.25) is 0 Å². The number of nitrogens with zero attached hydrogens (tertiary/aromatic N) is 2. The van der Waals surface area contributed by atoms with Crippen molar-refractivity contribution in [3.05, 3.63) is 53.6 Å². The van der Waals surface area contributed by atoms with E-state index in [9.17, 15) is 4.79 Å². The molecule has 4 nitrogen and oxygen atoms in total. The number of thioether (sulfide) groups is 1. The number of aromatic nitrogens is 2. The normalized spacial score (nSPS) is 13.4. The maximum Gasteiger partial charge on any atom is 0.368 e. The quantitative estimate of drug-likeness (QED) is 0.275. The predicted molar refractivity (Wildman–Crippen MR) is 104 cm³/mol. The van der Waals surface area contributed by atoms with Gasteiger partial charge in [-0.25, -0.2) is 9.78 Å². The molecule has 0 aliphatic heterocycles. The number of halogens is 2. The fraction of sp³-hybridized carbons (Fsp3) is 0.444. The summed E-state index contributed by atoms with van der Waals surface area (Å²) >= 11 is 13.6. The summed E-state index contributed by atoms with van der Waals surface area (Å²) in [7, 11) is 0. The van der Waals surface area contributed by atoms with Gasteiger partial charge in [-0.2, -0.15) is 0 Å². The topological polar surface area (TPSA) is 44.1 Å². The monoisotopic (exact) mass is 400 g/mol. The van der Waals surface area contributed by atoms with Gasteiger partial charge in [-0.05, 0) is 35.9 Å². The molecule has 2 rings (SSSR count). The number of rotatable bonds is 9. The minimum atomic E-state index is -0.471. The first kappa shape index (κ1) is 20.1. The van der Waals surface area contributed by atoms with E-state index in [0.29, 0.717) is 11.6 Å². The van der Waals surface area contributed by atoms with Gasteiger partial charge in [0.25, 0.3) is 0 Å². The first-order valence-electron chi connectivity index (χ1n) is 8.32. The third-order valence-corrected chi connectivity index (χ3v) is 5.67. The van der Waals surface area contributed by atoms with E-state index < -0.39 is 5.50 Å². The summed E-state index contributed by atoms with van der Waals surface area (Å²) in [6.45, 7) is 2.59. The summed E-state index contributed by atoms with van der Waals surface area (Å²) < 4.78 is 7.11. The van der Waals surface area contributed by atoms with Crippen molar-refractivity contribution in [1.29, 1.82) is 0 Å². The van der Waals surface area contributed by atoms with Gasteiger partial charge >= 0.3 is 5.30 Å². The van der Waals surface area contributed by atoms with E-state index in [2.05, 4.69) is 11.9 Å². The number of unbranched alkanes of at least 4 members (excludes halogenated alkanes) is 3. The summed E-state index contributed by atoms with van der Waals surface area (Å²) in [5.74, 6) is 0. The Labute approximate surface area is 162 Å². The van der Waals surface area contributed by atoms with Gasteiger partial charge in [-0.15, -0.1) is 0 Å². The van der Waals surface area contributed by atoms with E-state index in [-0.39, 0.29) is 10.6 Å². The van der Waals surface area contributed by atoms with E-state index in [0.717, 1.165) is 43.0 Å². The fourth-order valence-electron chi connectivity index (χ4n) is 2.33. The molecule has 136 valence electrons. The van der Waals surface area contributed by atoms with Gasteiger partial charge in [0.05, 0.1) is 18.2 Å². The highest BCUT2D eigenvalue weighted by atomic mass is 35.5. The van der Waals surface area contributed by atoms with Crippen molar-refractivity contribution in [3.8, 4) is 0 Å². The average molecular weight is 401 g/mol. The largest absolute Gasteiger partial charge is 0.458 e. The highest BCUT2D eigenvalue weighted by molar-refractivity contribution is 8.13. The van der Waals surface area contributed by atoms with E-state index in [1.165, 1.54) is 0 Å². The minimum absolute atomic E-state index is 0.309. The molecule has 0 aliphatic rings. The van der Waals surface area contributed by atoms with Crippen LogP contribution in [0.3, 0.4) is 0 Å². The SMILES string of the molecule is CCCCCCOC(=O)SC(c1ccc(Cl)cc1)C(Cl)n1ccnc1. The second-order valence-corrected chi connectivity index (χ2v) is 7.59. The second-order valence-electron chi connectivity index (χ2n) is 5.63. The Hall–Kier alpha value is -1.17.